The predicted octanol–water partition coefficient (Wildman–Crippen LogP) is 3.03. The van der Waals surface area contributed by atoms with Crippen LogP contribution < -0.4 is 0 Å². The number of aryl methyl sites for hydroxylation is 1. The van der Waals surface area contributed by atoms with Gasteiger partial charge in [0.2, 0.25) is 0 Å². The number of rotatable bonds is 4. The van der Waals surface area contributed by atoms with Crippen molar-refractivity contribution in [2.75, 3.05) is 13.1 Å². The van der Waals surface area contributed by atoms with Crippen molar-refractivity contribution < 1.29 is 9.32 Å². The van der Waals surface area contributed by atoms with Gasteiger partial charge in [-0.1, -0.05) is 19.0 Å². The van der Waals surface area contributed by atoms with Crippen LogP contribution >= 0.6 is 0 Å². The molecule has 6 nitrogen and oxygen atoms in total. The molecule has 1 atom stereocenters. The van der Waals surface area contributed by atoms with Gasteiger partial charge in [0, 0.05) is 49.9 Å². The van der Waals surface area contributed by atoms with Crippen molar-refractivity contribution >= 4 is 5.91 Å². The molecule has 2 aromatic rings. The Morgan fingerprint density at radius 1 is 1.48 bits per heavy atom. The van der Waals surface area contributed by atoms with Crippen LogP contribution in [0.2, 0.25) is 0 Å². The fourth-order valence-electron chi connectivity index (χ4n) is 3.14. The van der Waals surface area contributed by atoms with Crippen LogP contribution in [0.1, 0.15) is 67.5 Å². The average molecular weight is 316 g/mol. The molecule has 2 aromatic heterocycles. The first kappa shape index (κ1) is 15.8. The van der Waals surface area contributed by atoms with Crippen LogP contribution in [0.3, 0.4) is 0 Å². The van der Waals surface area contributed by atoms with Crippen molar-refractivity contribution in [2.24, 2.45) is 0 Å². The third-order valence-corrected chi connectivity index (χ3v) is 4.48. The van der Waals surface area contributed by atoms with E-state index in [0.717, 1.165) is 37.5 Å². The molecule has 1 amide bonds. The first-order chi connectivity index (χ1) is 11.1. The highest BCUT2D eigenvalue weighted by Gasteiger charge is 2.29. The molecular weight excluding hydrogens is 292 g/mol. The highest BCUT2D eigenvalue weighted by atomic mass is 16.5. The minimum Gasteiger partial charge on any atom is -0.360 e. The molecule has 23 heavy (non-hydrogen) atoms. The summed E-state index contributed by atoms with van der Waals surface area (Å²) in [4.78, 5) is 19.1. The van der Waals surface area contributed by atoms with Crippen LogP contribution in [-0.4, -0.2) is 38.6 Å². The van der Waals surface area contributed by atoms with E-state index in [0.29, 0.717) is 18.2 Å². The van der Waals surface area contributed by atoms with Gasteiger partial charge in [0.25, 0.3) is 5.91 Å². The van der Waals surface area contributed by atoms with Crippen LogP contribution in [0.5, 0.6) is 0 Å². The van der Waals surface area contributed by atoms with Gasteiger partial charge >= 0.3 is 0 Å². The third-order valence-electron chi connectivity index (χ3n) is 4.48. The number of carbonyl (C=O) groups is 1. The van der Waals surface area contributed by atoms with Gasteiger partial charge in [-0.05, 0) is 19.8 Å². The van der Waals surface area contributed by atoms with Crippen molar-refractivity contribution in [3.63, 3.8) is 0 Å². The molecule has 0 spiro atoms. The number of aromatic nitrogens is 3. The van der Waals surface area contributed by atoms with E-state index in [9.17, 15) is 4.79 Å². The highest BCUT2D eigenvalue weighted by molar-refractivity contribution is 5.92. The van der Waals surface area contributed by atoms with Crippen molar-refractivity contribution in [1.82, 2.24) is 19.6 Å². The van der Waals surface area contributed by atoms with Gasteiger partial charge in [-0.15, -0.1) is 0 Å². The van der Waals surface area contributed by atoms with Crippen LogP contribution in [0.15, 0.2) is 23.0 Å². The molecule has 0 radical (unpaired) electrons. The second-order valence-electron chi connectivity index (χ2n) is 6.43. The zero-order valence-corrected chi connectivity index (χ0v) is 14.0. The number of nitrogens with zero attached hydrogens (tertiary/aromatic N) is 4. The van der Waals surface area contributed by atoms with Crippen molar-refractivity contribution in [2.45, 2.75) is 52.0 Å². The van der Waals surface area contributed by atoms with Crippen LogP contribution in [0, 0.1) is 0 Å². The predicted molar refractivity (Wildman–Crippen MR) is 86.4 cm³/mol. The topological polar surface area (TPSA) is 64.2 Å². The maximum absolute atomic E-state index is 12.7. The minimum atomic E-state index is -0.0417. The number of amides is 1. The summed E-state index contributed by atoms with van der Waals surface area (Å²) in [6.07, 6.45) is 5.90. The van der Waals surface area contributed by atoms with Gasteiger partial charge in [0.05, 0.1) is 0 Å². The lowest BCUT2D eigenvalue weighted by Gasteiger charge is -2.32. The van der Waals surface area contributed by atoms with Gasteiger partial charge in [-0.25, -0.2) is 4.98 Å². The lowest BCUT2D eigenvalue weighted by molar-refractivity contribution is 0.0692. The molecule has 1 saturated heterocycles. The van der Waals surface area contributed by atoms with Gasteiger partial charge in [0.15, 0.2) is 5.69 Å². The molecule has 1 fully saturated rings. The number of hydrogen-bond donors (Lipinski definition) is 0. The largest absolute Gasteiger partial charge is 0.360 e. The Morgan fingerprint density at radius 2 is 2.30 bits per heavy atom. The Bertz CT molecular complexity index is 674. The van der Waals surface area contributed by atoms with Crippen LogP contribution in [0.25, 0.3) is 0 Å². The number of hydrogen-bond acceptors (Lipinski definition) is 4. The Labute approximate surface area is 136 Å². The Balaban J connectivity index is 1.74. The normalized spacial score (nSPS) is 18.6. The lowest BCUT2D eigenvalue weighted by atomic mass is 9.96. The van der Waals surface area contributed by atoms with E-state index in [1.807, 2.05) is 31.1 Å². The molecule has 0 N–H and O–H groups in total. The quantitative estimate of drug-likeness (QED) is 0.869. The van der Waals surface area contributed by atoms with Gasteiger partial charge in [-0.2, -0.15) is 0 Å². The summed E-state index contributed by atoms with van der Waals surface area (Å²) in [5.41, 5.74) is 0.410. The lowest BCUT2D eigenvalue weighted by Crippen LogP contribution is -2.39. The first-order valence-electron chi connectivity index (χ1n) is 8.37. The molecule has 0 aliphatic carbocycles. The fraction of sp³-hybridized carbons (Fsp3) is 0.588. The van der Waals surface area contributed by atoms with E-state index < -0.39 is 0 Å². The maximum atomic E-state index is 12.7. The molecule has 1 aliphatic heterocycles. The number of piperidine rings is 1. The summed E-state index contributed by atoms with van der Waals surface area (Å²) < 4.78 is 7.42. The smallest absolute Gasteiger partial charge is 0.276 e. The average Bonchev–Trinajstić information content (AvgIpc) is 3.23. The summed E-state index contributed by atoms with van der Waals surface area (Å²) in [5.74, 6) is 2.31. The molecule has 1 unspecified atom stereocenters. The van der Waals surface area contributed by atoms with E-state index >= 15 is 0 Å². The van der Waals surface area contributed by atoms with Crippen LogP contribution in [0.4, 0.5) is 0 Å². The molecule has 3 heterocycles. The number of imidazole rings is 1. The molecule has 1 aliphatic rings. The molecule has 0 aromatic carbocycles. The SMILES string of the molecule is CCn1ccnc1C1CCCN(C(=O)c2cc(C(C)C)on2)C1. The number of likely N-dealkylation sites (tertiary alicyclic amines) is 1. The molecule has 124 valence electrons. The zero-order chi connectivity index (χ0) is 16.4. The summed E-state index contributed by atoms with van der Waals surface area (Å²) in [6.45, 7) is 8.53. The van der Waals surface area contributed by atoms with E-state index in [1.165, 1.54) is 0 Å². The Morgan fingerprint density at radius 3 is 3.00 bits per heavy atom. The second kappa shape index (κ2) is 6.56. The maximum Gasteiger partial charge on any atom is 0.276 e. The summed E-state index contributed by atoms with van der Waals surface area (Å²) >= 11 is 0. The monoisotopic (exact) mass is 316 g/mol. The summed E-state index contributed by atoms with van der Waals surface area (Å²) in [5, 5.41) is 3.95. The minimum absolute atomic E-state index is 0.0417. The van der Waals surface area contributed by atoms with Gasteiger partial charge in [0.1, 0.15) is 11.6 Å². The zero-order valence-electron chi connectivity index (χ0n) is 14.0. The summed E-state index contributed by atoms with van der Waals surface area (Å²) in [7, 11) is 0. The fourth-order valence-corrected chi connectivity index (χ4v) is 3.14. The van der Waals surface area contributed by atoms with E-state index in [4.69, 9.17) is 4.52 Å². The highest BCUT2D eigenvalue weighted by Crippen LogP contribution is 2.27. The van der Waals surface area contributed by atoms with Crippen LogP contribution in [-0.2, 0) is 6.54 Å². The van der Waals surface area contributed by atoms with Crippen molar-refractivity contribution in [3.05, 3.63) is 35.7 Å². The standard InChI is InChI=1S/C17H24N4O2/c1-4-20-9-7-18-16(20)13-6-5-8-21(11-13)17(22)14-10-15(12(2)3)23-19-14/h7,9-10,12-13H,4-6,8,11H2,1-3H3. The van der Waals surface area contributed by atoms with Crippen molar-refractivity contribution in [3.8, 4) is 0 Å². The van der Waals surface area contributed by atoms with E-state index in [2.05, 4.69) is 21.6 Å². The number of carbonyl (C=O) groups excluding carboxylic acids is 1. The molecular formula is C17H24N4O2. The van der Waals surface area contributed by atoms with Crippen molar-refractivity contribution in [1.29, 1.82) is 0 Å². The molecule has 0 bridgehead atoms. The Hall–Kier alpha value is -2.11. The first-order valence-corrected chi connectivity index (χ1v) is 8.37. The van der Waals surface area contributed by atoms with Gasteiger partial charge < -0.3 is 14.0 Å². The molecule has 6 heteroatoms. The summed E-state index contributed by atoms with van der Waals surface area (Å²) in [6, 6.07) is 1.77. The molecule has 3 rings (SSSR count). The van der Waals surface area contributed by atoms with E-state index in [1.54, 1.807) is 6.07 Å². The molecule has 0 saturated carbocycles. The third kappa shape index (κ3) is 3.16. The van der Waals surface area contributed by atoms with Gasteiger partial charge in [-0.3, -0.25) is 4.79 Å². The second-order valence-corrected chi connectivity index (χ2v) is 6.43. The Kier molecular flexibility index (Phi) is 4.50. The van der Waals surface area contributed by atoms with E-state index in [-0.39, 0.29) is 11.8 Å².